The molecule has 2 N–H and O–H groups in total. The Morgan fingerprint density at radius 1 is 1.18 bits per heavy atom. The number of carbonyl (C=O) groups excluding carboxylic acids is 1. The van der Waals surface area contributed by atoms with E-state index < -0.39 is 0 Å². The van der Waals surface area contributed by atoms with E-state index >= 15 is 0 Å². The topological polar surface area (TPSA) is 101 Å². The van der Waals surface area contributed by atoms with Gasteiger partial charge in [0.2, 0.25) is 0 Å². The van der Waals surface area contributed by atoms with E-state index in [0.29, 0.717) is 16.6 Å². The van der Waals surface area contributed by atoms with Crippen molar-refractivity contribution in [3.8, 4) is 0 Å². The molecule has 84 valence electrons. The molecular weight excluding hydrogens is 222 g/mol. The largest absolute Gasteiger partial charge is 0.270 e. The van der Waals surface area contributed by atoms with E-state index in [1.807, 2.05) is 0 Å². The molecule has 3 aromatic rings. The molecule has 2 aromatic heterocycles. The number of benzene rings is 1. The molecule has 0 saturated heterocycles. The summed E-state index contributed by atoms with van der Waals surface area (Å²) < 4.78 is 1.37. The summed E-state index contributed by atoms with van der Waals surface area (Å²) in [6.07, 6.45) is 2.79. The quantitative estimate of drug-likeness (QED) is 0.640. The van der Waals surface area contributed by atoms with Crippen LogP contribution in [0.4, 0.5) is 0 Å². The molecule has 1 aromatic carbocycles. The van der Waals surface area contributed by atoms with Crippen molar-refractivity contribution in [3.05, 3.63) is 36.4 Å². The lowest BCUT2D eigenvalue weighted by molar-refractivity contribution is 0.101. The van der Waals surface area contributed by atoms with Gasteiger partial charge >= 0.3 is 0 Å². The average Bonchev–Trinajstić information content (AvgIpc) is 2.97. The standard InChI is InChI=1S/C9H7N7O/c17-9(14-16-4-10-11-5-16)6-1-2-7-8(3-6)13-15-12-7/h1-5H,(H,14,17)(H,12,13,15). The highest BCUT2D eigenvalue weighted by Crippen LogP contribution is 2.10. The summed E-state index contributed by atoms with van der Waals surface area (Å²) in [5.41, 5.74) is 4.43. The Balaban J connectivity index is 1.90. The minimum atomic E-state index is -0.269. The summed E-state index contributed by atoms with van der Waals surface area (Å²) in [6.45, 7) is 0. The molecule has 0 aliphatic carbocycles. The normalized spacial score (nSPS) is 10.6. The highest BCUT2D eigenvalue weighted by molar-refractivity contribution is 6.02. The number of rotatable bonds is 2. The number of H-pyrrole nitrogens is 1. The molecule has 0 spiro atoms. The maximum absolute atomic E-state index is 11.8. The van der Waals surface area contributed by atoms with Crippen LogP contribution in [0.3, 0.4) is 0 Å². The van der Waals surface area contributed by atoms with Gasteiger partial charge in [0.1, 0.15) is 23.7 Å². The molecule has 1 amide bonds. The number of amides is 1. The van der Waals surface area contributed by atoms with Gasteiger partial charge in [0, 0.05) is 5.56 Å². The van der Waals surface area contributed by atoms with Crippen molar-refractivity contribution in [1.82, 2.24) is 30.3 Å². The smallest absolute Gasteiger partial charge is 0.267 e. The van der Waals surface area contributed by atoms with E-state index in [1.165, 1.54) is 17.3 Å². The van der Waals surface area contributed by atoms with Gasteiger partial charge in [0.05, 0.1) is 0 Å². The highest BCUT2D eigenvalue weighted by atomic mass is 16.2. The van der Waals surface area contributed by atoms with Crippen molar-refractivity contribution in [2.45, 2.75) is 0 Å². The fourth-order valence-corrected chi connectivity index (χ4v) is 1.42. The van der Waals surface area contributed by atoms with Gasteiger partial charge in [-0.15, -0.1) is 10.2 Å². The van der Waals surface area contributed by atoms with Gasteiger partial charge in [-0.3, -0.25) is 10.2 Å². The minimum Gasteiger partial charge on any atom is -0.267 e. The van der Waals surface area contributed by atoms with Crippen LogP contribution in [0.25, 0.3) is 11.0 Å². The summed E-state index contributed by atoms with van der Waals surface area (Å²) >= 11 is 0. The second-order valence-corrected chi connectivity index (χ2v) is 3.34. The van der Waals surface area contributed by atoms with Crippen LogP contribution in [0, 0.1) is 0 Å². The van der Waals surface area contributed by atoms with Crippen molar-refractivity contribution < 1.29 is 4.79 Å². The number of carbonyl (C=O) groups is 1. The highest BCUT2D eigenvalue weighted by Gasteiger charge is 2.08. The molecule has 3 rings (SSSR count). The lowest BCUT2D eigenvalue weighted by atomic mass is 10.2. The predicted octanol–water partition coefficient (Wildman–Crippen LogP) is -0.0667. The summed E-state index contributed by atoms with van der Waals surface area (Å²) in [5.74, 6) is -0.269. The number of hydrogen-bond acceptors (Lipinski definition) is 5. The van der Waals surface area contributed by atoms with Gasteiger partial charge in [-0.25, -0.2) is 4.68 Å². The second kappa shape index (κ2) is 3.67. The molecule has 8 heteroatoms. The van der Waals surface area contributed by atoms with E-state index in [-0.39, 0.29) is 5.91 Å². The summed E-state index contributed by atoms with van der Waals surface area (Å²) in [7, 11) is 0. The Hall–Kier alpha value is -2.77. The summed E-state index contributed by atoms with van der Waals surface area (Å²) in [6, 6.07) is 5.04. The predicted molar refractivity (Wildman–Crippen MR) is 57.6 cm³/mol. The average molecular weight is 229 g/mol. The van der Waals surface area contributed by atoms with Crippen LogP contribution in [0.1, 0.15) is 10.4 Å². The first-order valence-corrected chi connectivity index (χ1v) is 4.79. The molecule has 0 bridgehead atoms. The summed E-state index contributed by atoms with van der Waals surface area (Å²) in [4.78, 5) is 11.8. The molecular formula is C9H7N7O. The zero-order valence-corrected chi connectivity index (χ0v) is 8.53. The van der Waals surface area contributed by atoms with Crippen LogP contribution in [-0.2, 0) is 0 Å². The van der Waals surface area contributed by atoms with Gasteiger partial charge in [-0.2, -0.15) is 15.4 Å². The second-order valence-electron chi connectivity index (χ2n) is 3.34. The van der Waals surface area contributed by atoms with Gasteiger partial charge in [-0.05, 0) is 18.2 Å². The number of fused-ring (bicyclic) bond motifs is 1. The van der Waals surface area contributed by atoms with Crippen LogP contribution in [0.5, 0.6) is 0 Å². The SMILES string of the molecule is O=C(Nn1cnnc1)c1ccc2n[nH]nc2c1. The lowest BCUT2D eigenvalue weighted by Gasteiger charge is -2.03. The first kappa shape index (κ1) is 9.46. The van der Waals surface area contributed by atoms with Crippen molar-refractivity contribution >= 4 is 16.9 Å². The molecule has 0 unspecified atom stereocenters. The first-order valence-electron chi connectivity index (χ1n) is 4.79. The molecule has 2 heterocycles. The third-order valence-electron chi connectivity index (χ3n) is 2.23. The molecule has 0 atom stereocenters. The molecule has 0 fully saturated rings. The Bertz CT molecular complexity index is 657. The van der Waals surface area contributed by atoms with Gasteiger partial charge in [0.25, 0.3) is 5.91 Å². The molecule has 8 nitrogen and oxygen atoms in total. The third kappa shape index (κ3) is 1.71. The zero-order valence-electron chi connectivity index (χ0n) is 8.53. The zero-order chi connectivity index (χ0) is 11.7. The molecule has 0 saturated carbocycles. The van der Waals surface area contributed by atoms with Crippen molar-refractivity contribution in [3.63, 3.8) is 0 Å². The number of aromatic nitrogens is 6. The fraction of sp³-hybridized carbons (Fsp3) is 0. The maximum Gasteiger partial charge on any atom is 0.270 e. The van der Waals surface area contributed by atoms with Gasteiger partial charge in [-0.1, -0.05) is 0 Å². The van der Waals surface area contributed by atoms with Crippen LogP contribution >= 0.6 is 0 Å². The van der Waals surface area contributed by atoms with Crippen LogP contribution in [0.15, 0.2) is 30.9 Å². The molecule has 0 radical (unpaired) electrons. The van der Waals surface area contributed by atoms with E-state index in [1.54, 1.807) is 18.2 Å². The Labute approximate surface area is 94.6 Å². The Kier molecular flexibility index (Phi) is 2.04. The van der Waals surface area contributed by atoms with E-state index in [4.69, 9.17) is 0 Å². The van der Waals surface area contributed by atoms with Crippen molar-refractivity contribution in [1.29, 1.82) is 0 Å². The molecule has 17 heavy (non-hydrogen) atoms. The Morgan fingerprint density at radius 3 is 2.76 bits per heavy atom. The molecule has 0 aliphatic rings. The molecule has 0 aliphatic heterocycles. The van der Waals surface area contributed by atoms with Gasteiger partial charge in [0.15, 0.2) is 0 Å². The third-order valence-corrected chi connectivity index (χ3v) is 2.23. The monoisotopic (exact) mass is 229 g/mol. The fourth-order valence-electron chi connectivity index (χ4n) is 1.42. The number of nitrogens with one attached hydrogen (secondary N) is 2. The van der Waals surface area contributed by atoms with Crippen LogP contribution in [0.2, 0.25) is 0 Å². The summed E-state index contributed by atoms with van der Waals surface area (Å²) in [5, 5.41) is 17.5. The number of aromatic amines is 1. The van der Waals surface area contributed by atoms with E-state index in [9.17, 15) is 4.79 Å². The number of hydrogen-bond donors (Lipinski definition) is 2. The van der Waals surface area contributed by atoms with E-state index in [2.05, 4.69) is 31.0 Å². The first-order chi connectivity index (χ1) is 8.33. The van der Waals surface area contributed by atoms with Gasteiger partial charge < -0.3 is 0 Å². The van der Waals surface area contributed by atoms with E-state index in [0.717, 1.165) is 0 Å². The van der Waals surface area contributed by atoms with Crippen molar-refractivity contribution in [2.24, 2.45) is 0 Å². The van der Waals surface area contributed by atoms with Crippen LogP contribution in [-0.4, -0.2) is 36.2 Å². The minimum absolute atomic E-state index is 0.269. The number of nitrogens with zero attached hydrogens (tertiary/aromatic N) is 5. The maximum atomic E-state index is 11.8. The van der Waals surface area contributed by atoms with Crippen molar-refractivity contribution in [2.75, 3.05) is 5.43 Å². The lowest BCUT2D eigenvalue weighted by Crippen LogP contribution is -2.21. The van der Waals surface area contributed by atoms with Crippen LogP contribution < -0.4 is 5.43 Å². The Morgan fingerprint density at radius 2 is 1.94 bits per heavy atom.